The van der Waals surface area contributed by atoms with E-state index in [1.165, 1.54) is 0 Å². The van der Waals surface area contributed by atoms with Crippen molar-refractivity contribution >= 4 is 23.5 Å². The average Bonchev–Trinajstić information content (AvgIpc) is 3.43. The first-order chi connectivity index (χ1) is 16.1. The number of allylic oxidation sites excluding steroid dienone is 1. The second kappa shape index (κ2) is 7.95. The summed E-state index contributed by atoms with van der Waals surface area (Å²) in [7, 11) is 0. The fraction of sp³-hybridized carbons (Fsp3) is 0.240. The number of fused-ring (bicyclic) bond motifs is 4. The number of ether oxygens (including phenoxy) is 4. The number of hydrogen-bond donors (Lipinski definition) is 0. The summed E-state index contributed by atoms with van der Waals surface area (Å²) in [5.74, 6) is 2.83. The lowest BCUT2D eigenvalue weighted by atomic mass is 9.98. The third-order valence-electron chi connectivity index (χ3n) is 5.94. The van der Waals surface area contributed by atoms with Crippen molar-refractivity contribution in [3.63, 3.8) is 0 Å². The average molecular weight is 466 g/mol. The smallest absolute Gasteiger partial charge is 0.232 e. The first kappa shape index (κ1) is 20.4. The molecular weight excluding hydrogens is 446 g/mol. The van der Waals surface area contributed by atoms with Gasteiger partial charge in [-0.3, -0.25) is 9.69 Å². The third kappa shape index (κ3) is 3.58. The van der Waals surface area contributed by atoms with E-state index < -0.39 is 0 Å². The number of carbonyl (C=O) groups is 1. The zero-order valence-electron chi connectivity index (χ0n) is 17.9. The van der Waals surface area contributed by atoms with Gasteiger partial charge in [-0.15, -0.1) is 0 Å². The lowest BCUT2D eigenvalue weighted by molar-refractivity contribution is -0.0165. The summed E-state index contributed by atoms with van der Waals surface area (Å²) in [4.78, 5) is 15.4. The first-order valence-electron chi connectivity index (χ1n) is 10.6. The second-order valence-corrected chi connectivity index (χ2v) is 8.68. The maximum Gasteiger partial charge on any atom is 0.232 e. The van der Waals surface area contributed by atoms with E-state index in [4.69, 9.17) is 35.0 Å². The summed E-state index contributed by atoms with van der Waals surface area (Å²) in [6, 6.07) is 9.25. The Bertz CT molecular complexity index is 1300. The molecule has 8 heteroatoms. The van der Waals surface area contributed by atoms with Crippen LogP contribution in [-0.2, 0) is 24.4 Å². The number of hydrogen-bond acceptors (Lipinski definition) is 7. The molecule has 0 bridgehead atoms. The van der Waals surface area contributed by atoms with Crippen molar-refractivity contribution in [1.82, 2.24) is 4.90 Å². The van der Waals surface area contributed by atoms with Gasteiger partial charge in [0.05, 0.1) is 30.5 Å². The van der Waals surface area contributed by atoms with E-state index in [0.717, 1.165) is 28.2 Å². The summed E-state index contributed by atoms with van der Waals surface area (Å²) >= 11 is 6.29. The zero-order valence-corrected chi connectivity index (χ0v) is 18.6. The van der Waals surface area contributed by atoms with Gasteiger partial charge in [-0.05, 0) is 48.9 Å². The van der Waals surface area contributed by atoms with Crippen molar-refractivity contribution in [1.29, 1.82) is 0 Å². The van der Waals surface area contributed by atoms with Crippen LogP contribution in [0.3, 0.4) is 0 Å². The van der Waals surface area contributed by atoms with Gasteiger partial charge < -0.3 is 23.4 Å². The number of aryl methyl sites for hydroxylation is 1. The molecule has 3 aliphatic rings. The highest BCUT2D eigenvalue weighted by atomic mass is 35.5. The quantitative estimate of drug-likeness (QED) is 0.500. The number of nitrogens with zero attached hydrogens (tertiary/aromatic N) is 1. The van der Waals surface area contributed by atoms with Gasteiger partial charge in [0.1, 0.15) is 29.7 Å². The van der Waals surface area contributed by atoms with Crippen molar-refractivity contribution in [2.45, 2.75) is 26.6 Å². The molecule has 7 nitrogen and oxygen atoms in total. The lowest BCUT2D eigenvalue weighted by Crippen LogP contribution is -2.31. The number of Topliss-reactive ketones (excluding diaryl/α,β-unsaturated/α-hetero) is 1. The fourth-order valence-corrected chi connectivity index (χ4v) is 4.71. The van der Waals surface area contributed by atoms with Gasteiger partial charge in [0.15, 0.2) is 12.6 Å². The Hall–Kier alpha value is -3.26. The Balaban J connectivity index is 1.36. The minimum Gasteiger partial charge on any atom is -0.478 e. The monoisotopic (exact) mass is 465 g/mol. The Morgan fingerprint density at radius 1 is 1.18 bits per heavy atom. The molecule has 1 aromatic heterocycles. The Kier molecular flexibility index (Phi) is 4.90. The van der Waals surface area contributed by atoms with Crippen LogP contribution >= 0.6 is 11.6 Å². The van der Waals surface area contributed by atoms with E-state index >= 15 is 0 Å². The van der Waals surface area contributed by atoms with Crippen LogP contribution in [0.15, 0.2) is 46.8 Å². The SMILES string of the molecule is Cc1cc2c(c3c1C(=O)/C(=C/c1cc(Cl)cc4c1OCOC4)O3)CN(Cc1ccco1)CO2. The Morgan fingerprint density at radius 2 is 2.09 bits per heavy atom. The van der Waals surface area contributed by atoms with E-state index in [1.807, 2.05) is 25.1 Å². The van der Waals surface area contributed by atoms with E-state index in [2.05, 4.69) is 4.90 Å². The number of ketones is 1. The molecule has 0 aliphatic carbocycles. The molecule has 2 aromatic carbocycles. The number of rotatable bonds is 3. The molecule has 0 spiro atoms. The predicted molar refractivity (Wildman–Crippen MR) is 119 cm³/mol. The maximum atomic E-state index is 13.3. The van der Waals surface area contributed by atoms with Crippen molar-refractivity contribution < 1.29 is 28.2 Å². The van der Waals surface area contributed by atoms with Crippen LogP contribution in [0.1, 0.15) is 38.4 Å². The van der Waals surface area contributed by atoms with Crippen molar-refractivity contribution in [2.24, 2.45) is 0 Å². The molecule has 0 atom stereocenters. The standard InChI is InChI=1S/C25H20ClNO6/c1-14-5-20-19(10-27(12-31-20)9-18-3-2-4-30-18)25-22(14)23(28)21(33-25)8-15-6-17(26)7-16-11-29-13-32-24(15)16/h2-8H,9-13H2,1H3/b21-8-. The van der Waals surface area contributed by atoms with Crippen LogP contribution in [0, 0.1) is 6.92 Å². The molecule has 168 valence electrons. The van der Waals surface area contributed by atoms with Gasteiger partial charge >= 0.3 is 0 Å². The summed E-state index contributed by atoms with van der Waals surface area (Å²) in [5.41, 5.74) is 3.74. The van der Waals surface area contributed by atoms with E-state index in [1.54, 1.807) is 24.5 Å². The molecule has 0 radical (unpaired) electrons. The minimum atomic E-state index is -0.172. The molecule has 3 aromatic rings. The van der Waals surface area contributed by atoms with E-state index in [-0.39, 0.29) is 18.3 Å². The summed E-state index contributed by atoms with van der Waals surface area (Å²) < 4.78 is 28.7. The molecule has 0 N–H and O–H groups in total. The van der Waals surface area contributed by atoms with Crippen molar-refractivity contribution in [2.75, 3.05) is 13.5 Å². The van der Waals surface area contributed by atoms with Crippen molar-refractivity contribution in [3.05, 3.63) is 81.0 Å². The third-order valence-corrected chi connectivity index (χ3v) is 6.16. The zero-order chi connectivity index (χ0) is 22.5. The van der Waals surface area contributed by atoms with Gasteiger partial charge in [0, 0.05) is 22.7 Å². The van der Waals surface area contributed by atoms with E-state index in [0.29, 0.717) is 54.1 Å². The molecule has 4 heterocycles. The molecule has 33 heavy (non-hydrogen) atoms. The molecule has 0 saturated carbocycles. The highest BCUT2D eigenvalue weighted by Gasteiger charge is 2.36. The van der Waals surface area contributed by atoms with Crippen LogP contribution in [0.4, 0.5) is 0 Å². The molecule has 0 saturated heterocycles. The summed E-state index contributed by atoms with van der Waals surface area (Å²) in [6.07, 6.45) is 3.34. The van der Waals surface area contributed by atoms with Gasteiger partial charge in [0.25, 0.3) is 0 Å². The molecule has 0 unspecified atom stereocenters. The van der Waals surface area contributed by atoms with Crippen molar-refractivity contribution in [3.8, 4) is 17.2 Å². The molecule has 0 fully saturated rings. The van der Waals surface area contributed by atoms with Crippen LogP contribution in [0.2, 0.25) is 5.02 Å². The number of furan rings is 1. The predicted octanol–water partition coefficient (Wildman–Crippen LogP) is 5.08. The van der Waals surface area contributed by atoms with Crippen LogP contribution in [0.5, 0.6) is 17.2 Å². The second-order valence-electron chi connectivity index (χ2n) is 8.25. The Labute approximate surface area is 195 Å². The van der Waals surface area contributed by atoms with Crippen LogP contribution in [-0.4, -0.2) is 24.2 Å². The molecule has 3 aliphatic heterocycles. The normalized spacial score (nSPS) is 18.2. The highest BCUT2D eigenvalue weighted by Crippen LogP contribution is 2.45. The fourth-order valence-electron chi connectivity index (χ4n) is 4.46. The minimum absolute atomic E-state index is 0.148. The van der Waals surface area contributed by atoms with Crippen LogP contribution < -0.4 is 14.2 Å². The topological polar surface area (TPSA) is 70.4 Å². The molecule has 6 rings (SSSR count). The first-order valence-corrected chi connectivity index (χ1v) is 11.0. The number of halogens is 1. The number of carbonyl (C=O) groups excluding carboxylic acids is 1. The lowest BCUT2D eigenvalue weighted by Gasteiger charge is -2.29. The van der Waals surface area contributed by atoms with E-state index in [9.17, 15) is 4.79 Å². The molecular formula is C25H20ClNO6. The largest absolute Gasteiger partial charge is 0.478 e. The maximum absolute atomic E-state index is 13.3. The number of benzene rings is 2. The van der Waals surface area contributed by atoms with Crippen LogP contribution in [0.25, 0.3) is 6.08 Å². The summed E-state index contributed by atoms with van der Waals surface area (Å²) in [6.45, 7) is 4.04. The van der Waals surface area contributed by atoms with Gasteiger partial charge in [-0.2, -0.15) is 0 Å². The highest BCUT2D eigenvalue weighted by molar-refractivity contribution is 6.31. The molecule has 0 amide bonds. The van der Waals surface area contributed by atoms with Gasteiger partial charge in [0.2, 0.25) is 5.78 Å². The Morgan fingerprint density at radius 3 is 2.94 bits per heavy atom. The van der Waals surface area contributed by atoms with Gasteiger partial charge in [-0.25, -0.2) is 0 Å². The van der Waals surface area contributed by atoms with Gasteiger partial charge in [-0.1, -0.05) is 11.6 Å². The summed E-state index contributed by atoms with van der Waals surface area (Å²) in [5, 5.41) is 0.535.